The largest absolute Gasteiger partial charge is 0.314 e. The van der Waals surface area contributed by atoms with Crippen LogP contribution >= 0.6 is 0 Å². The van der Waals surface area contributed by atoms with Crippen LogP contribution in [0, 0.1) is 0 Å². The Kier molecular flexibility index (Phi) is 9.76. The molecule has 1 atom stereocenters. The van der Waals surface area contributed by atoms with Gasteiger partial charge in [0.25, 0.3) is 0 Å². The monoisotopic (exact) mass is 257 g/mol. The summed E-state index contributed by atoms with van der Waals surface area (Å²) in [5, 5.41) is 0. The van der Waals surface area contributed by atoms with Crippen molar-refractivity contribution >= 4 is 0 Å². The molecule has 0 fully saturated rings. The van der Waals surface area contributed by atoms with Gasteiger partial charge < -0.3 is 4.48 Å². The summed E-state index contributed by atoms with van der Waals surface area (Å²) in [7, 11) is 9.06. The summed E-state index contributed by atoms with van der Waals surface area (Å²) >= 11 is 0. The van der Waals surface area contributed by atoms with Crippen LogP contribution in [0.2, 0.25) is 0 Å². The molecule has 1 unspecified atom stereocenters. The second-order valence-electron chi connectivity index (χ2n) is 6.57. The molecule has 0 radical (unpaired) electrons. The van der Waals surface area contributed by atoms with Gasteiger partial charge in [-0.3, -0.25) is 4.90 Å². The van der Waals surface area contributed by atoms with Crippen LogP contribution in [0.25, 0.3) is 0 Å². The third kappa shape index (κ3) is 8.10. The predicted molar refractivity (Wildman–Crippen MR) is 82.7 cm³/mol. The standard InChI is InChI=1S/C16H37N2/c1-7-8-9-10-11-12-13-14-15-18(5,6)16(2)17(3)4/h16H,7-15H2,1-6H3/q+1. The summed E-state index contributed by atoms with van der Waals surface area (Å²) < 4.78 is 1.11. The number of unbranched alkanes of at least 4 members (excludes halogenated alkanes) is 7. The maximum Gasteiger partial charge on any atom is 0.141 e. The first kappa shape index (κ1) is 17.9. The number of nitrogens with zero attached hydrogens (tertiary/aromatic N) is 2. The Morgan fingerprint density at radius 2 is 1.28 bits per heavy atom. The van der Waals surface area contributed by atoms with Gasteiger partial charge >= 0.3 is 0 Å². The van der Waals surface area contributed by atoms with E-state index in [9.17, 15) is 0 Å². The zero-order valence-corrected chi connectivity index (χ0v) is 13.8. The van der Waals surface area contributed by atoms with E-state index in [-0.39, 0.29) is 0 Å². The van der Waals surface area contributed by atoms with Crippen molar-refractivity contribution in [1.82, 2.24) is 4.90 Å². The quantitative estimate of drug-likeness (QED) is 0.306. The van der Waals surface area contributed by atoms with Crippen LogP contribution in [0.15, 0.2) is 0 Å². The van der Waals surface area contributed by atoms with Gasteiger partial charge in [0, 0.05) is 6.92 Å². The van der Waals surface area contributed by atoms with Crippen molar-refractivity contribution in [1.29, 1.82) is 0 Å². The van der Waals surface area contributed by atoms with Gasteiger partial charge in [-0.05, 0) is 26.9 Å². The number of hydrogen-bond donors (Lipinski definition) is 0. The highest BCUT2D eigenvalue weighted by Gasteiger charge is 2.24. The fraction of sp³-hybridized carbons (Fsp3) is 1.00. The van der Waals surface area contributed by atoms with E-state index in [0.717, 1.165) is 4.48 Å². The van der Waals surface area contributed by atoms with Crippen molar-refractivity contribution in [2.24, 2.45) is 0 Å². The zero-order chi connectivity index (χ0) is 14.0. The molecule has 0 aromatic carbocycles. The van der Waals surface area contributed by atoms with Gasteiger partial charge in [0.05, 0.1) is 20.6 Å². The van der Waals surface area contributed by atoms with Crippen molar-refractivity contribution in [3.63, 3.8) is 0 Å². The van der Waals surface area contributed by atoms with E-state index in [1.54, 1.807) is 0 Å². The molecule has 110 valence electrons. The summed E-state index contributed by atoms with van der Waals surface area (Å²) in [6, 6.07) is 0. The molecular formula is C16H37N2+. The Morgan fingerprint density at radius 3 is 1.72 bits per heavy atom. The molecule has 0 bridgehead atoms. The van der Waals surface area contributed by atoms with Gasteiger partial charge in [-0.2, -0.15) is 0 Å². The van der Waals surface area contributed by atoms with E-state index in [2.05, 4.69) is 46.9 Å². The average Bonchev–Trinajstić information content (AvgIpc) is 2.31. The molecule has 0 aliphatic carbocycles. The van der Waals surface area contributed by atoms with Gasteiger partial charge in [0.15, 0.2) is 0 Å². The minimum Gasteiger partial charge on any atom is -0.314 e. The molecular weight excluding hydrogens is 220 g/mol. The number of quaternary nitrogens is 1. The van der Waals surface area contributed by atoms with E-state index < -0.39 is 0 Å². The molecule has 0 rings (SSSR count). The Labute approximate surface area is 116 Å². The van der Waals surface area contributed by atoms with E-state index in [0.29, 0.717) is 6.17 Å². The average molecular weight is 257 g/mol. The van der Waals surface area contributed by atoms with Crippen LogP contribution < -0.4 is 0 Å². The normalized spacial score (nSPS) is 14.2. The molecule has 0 saturated heterocycles. The highest BCUT2D eigenvalue weighted by atomic mass is 15.4. The van der Waals surface area contributed by atoms with Gasteiger partial charge in [-0.25, -0.2) is 0 Å². The summed E-state index contributed by atoms with van der Waals surface area (Å²) in [6.45, 7) is 5.91. The molecule has 0 aromatic rings. The molecule has 0 saturated carbocycles. The smallest absolute Gasteiger partial charge is 0.141 e. The minimum atomic E-state index is 0.606. The first-order valence-corrected chi connectivity index (χ1v) is 7.91. The van der Waals surface area contributed by atoms with Crippen molar-refractivity contribution in [2.45, 2.75) is 71.4 Å². The van der Waals surface area contributed by atoms with E-state index >= 15 is 0 Å². The van der Waals surface area contributed by atoms with Crippen LogP contribution in [-0.4, -0.2) is 50.3 Å². The van der Waals surface area contributed by atoms with Crippen LogP contribution in [-0.2, 0) is 0 Å². The zero-order valence-electron chi connectivity index (χ0n) is 13.8. The maximum absolute atomic E-state index is 2.35. The fourth-order valence-corrected chi connectivity index (χ4v) is 2.47. The van der Waals surface area contributed by atoms with Gasteiger partial charge in [0.1, 0.15) is 6.17 Å². The Balaban J connectivity index is 3.53. The van der Waals surface area contributed by atoms with Crippen molar-refractivity contribution in [3.05, 3.63) is 0 Å². The van der Waals surface area contributed by atoms with Gasteiger partial charge in [0.2, 0.25) is 0 Å². The van der Waals surface area contributed by atoms with Crippen LogP contribution in [0.4, 0.5) is 0 Å². The van der Waals surface area contributed by atoms with Crippen LogP contribution in [0.1, 0.15) is 65.2 Å². The van der Waals surface area contributed by atoms with Crippen LogP contribution in [0.5, 0.6) is 0 Å². The van der Waals surface area contributed by atoms with E-state index in [1.807, 2.05) is 0 Å². The minimum absolute atomic E-state index is 0.606. The van der Waals surface area contributed by atoms with Gasteiger partial charge in [-0.1, -0.05) is 45.4 Å². The second kappa shape index (κ2) is 9.80. The summed E-state index contributed by atoms with van der Waals surface area (Å²) in [5.74, 6) is 0. The van der Waals surface area contributed by atoms with Crippen molar-refractivity contribution in [2.75, 3.05) is 34.7 Å². The maximum atomic E-state index is 2.35. The summed E-state index contributed by atoms with van der Waals surface area (Å²) in [4.78, 5) is 2.32. The molecule has 0 amide bonds. The molecule has 0 spiro atoms. The van der Waals surface area contributed by atoms with E-state index in [1.165, 1.54) is 57.9 Å². The highest BCUT2D eigenvalue weighted by Crippen LogP contribution is 2.13. The van der Waals surface area contributed by atoms with Crippen molar-refractivity contribution in [3.8, 4) is 0 Å². The SMILES string of the molecule is CCCCCCCCCC[N+](C)(C)C(C)N(C)C. The number of hydrogen-bond acceptors (Lipinski definition) is 1. The lowest BCUT2D eigenvalue weighted by Gasteiger charge is -2.39. The lowest BCUT2D eigenvalue weighted by atomic mass is 10.1. The molecule has 2 heteroatoms. The highest BCUT2D eigenvalue weighted by molar-refractivity contribution is 4.49. The van der Waals surface area contributed by atoms with Crippen LogP contribution in [0.3, 0.4) is 0 Å². The van der Waals surface area contributed by atoms with Crippen molar-refractivity contribution < 1.29 is 4.48 Å². The number of rotatable bonds is 11. The Bertz CT molecular complexity index is 188. The molecule has 18 heavy (non-hydrogen) atoms. The second-order valence-corrected chi connectivity index (χ2v) is 6.57. The third-order valence-electron chi connectivity index (χ3n) is 4.35. The first-order valence-electron chi connectivity index (χ1n) is 7.91. The Hall–Kier alpha value is -0.0800. The topological polar surface area (TPSA) is 3.24 Å². The molecule has 2 nitrogen and oxygen atoms in total. The van der Waals surface area contributed by atoms with Gasteiger partial charge in [-0.15, -0.1) is 0 Å². The lowest BCUT2D eigenvalue weighted by molar-refractivity contribution is -0.924. The Morgan fingerprint density at radius 1 is 0.833 bits per heavy atom. The molecule has 0 aliphatic rings. The molecule has 0 aliphatic heterocycles. The molecule has 0 heterocycles. The van der Waals surface area contributed by atoms with E-state index in [4.69, 9.17) is 0 Å². The predicted octanol–water partition coefficient (Wildman–Crippen LogP) is 4.11. The summed E-state index contributed by atoms with van der Waals surface area (Å²) in [6.07, 6.45) is 11.9. The molecule has 0 aromatic heterocycles. The third-order valence-corrected chi connectivity index (χ3v) is 4.35. The first-order chi connectivity index (χ1) is 8.41. The summed E-state index contributed by atoms with van der Waals surface area (Å²) in [5.41, 5.74) is 0. The molecule has 0 N–H and O–H groups in total. The lowest BCUT2D eigenvalue weighted by Crippen LogP contribution is -2.54. The fourth-order valence-electron chi connectivity index (χ4n) is 2.47.